The number of thioether (sulfide) groups is 1. The van der Waals surface area contributed by atoms with Gasteiger partial charge in [-0.25, -0.2) is 9.78 Å². The molecule has 0 bridgehead atoms. The second-order valence-electron chi connectivity index (χ2n) is 4.02. The number of anilines is 1. The molecule has 2 heterocycles. The monoisotopic (exact) mass is 306 g/mol. The number of nitrogen functional groups attached to an aromatic ring is 1. The quantitative estimate of drug-likeness (QED) is 0.720. The van der Waals surface area contributed by atoms with Gasteiger partial charge in [-0.1, -0.05) is 0 Å². The normalized spacial score (nSPS) is 10.1. The van der Waals surface area contributed by atoms with Crippen molar-refractivity contribution in [3.05, 3.63) is 42.5 Å². The zero-order valence-corrected chi connectivity index (χ0v) is 11.9. The molecule has 0 aliphatic rings. The van der Waals surface area contributed by atoms with Gasteiger partial charge in [-0.2, -0.15) is 0 Å². The van der Waals surface area contributed by atoms with E-state index < -0.39 is 11.9 Å². The van der Waals surface area contributed by atoms with E-state index in [9.17, 15) is 9.59 Å². The highest BCUT2D eigenvalue weighted by Crippen LogP contribution is 2.16. The molecule has 0 aliphatic carbocycles. The van der Waals surface area contributed by atoms with Crippen molar-refractivity contribution >= 4 is 29.5 Å². The number of carbonyl (C=O) groups excluding carboxylic acids is 2. The lowest BCUT2D eigenvalue weighted by atomic mass is 10.4. The summed E-state index contributed by atoms with van der Waals surface area (Å²) in [6, 6.07) is 6.30. The van der Waals surface area contributed by atoms with Gasteiger partial charge in [-0.15, -0.1) is 11.8 Å². The van der Waals surface area contributed by atoms with E-state index in [0.29, 0.717) is 11.6 Å². The van der Waals surface area contributed by atoms with E-state index in [1.54, 1.807) is 30.5 Å². The first-order valence-corrected chi connectivity index (χ1v) is 7.06. The van der Waals surface area contributed by atoms with Gasteiger partial charge in [-0.3, -0.25) is 10.1 Å². The molecule has 110 valence electrons. The van der Waals surface area contributed by atoms with Crippen LogP contribution in [-0.2, 0) is 11.3 Å². The van der Waals surface area contributed by atoms with Crippen LogP contribution in [0.4, 0.5) is 10.6 Å². The largest absolute Gasteiger partial charge is 0.467 e. The van der Waals surface area contributed by atoms with Crippen LogP contribution in [0.15, 0.2) is 46.0 Å². The average Bonchev–Trinajstić information content (AvgIpc) is 2.98. The van der Waals surface area contributed by atoms with E-state index in [4.69, 9.17) is 10.2 Å². The first-order valence-electron chi connectivity index (χ1n) is 6.08. The Kier molecular flexibility index (Phi) is 5.22. The summed E-state index contributed by atoms with van der Waals surface area (Å²) in [5.74, 6) is 0.745. The van der Waals surface area contributed by atoms with E-state index in [2.05, 4.69) is 15.6 Å². The second kappa shape index (κ2) is 7.34. The maximum atomic E-state index is 11.6. The number of aromatic nitrogens is 1. The van der Waals surface area contributed by atoms with Crippen molar-refractivity contribution in [1.82, 2.24) is 15.6 Å². The molecule has 4 N–H and O–H groups in total. The van der Waals surface area contributed by atoms with Gasteiger partial charge in [0.15, 0.2) is 0 Å². The molecule has 0 saturated carbocycles. The zero-order valence-electron chi connectivity index (χ0n) is 11.0. The molecule has 2 aromatic rings. The third-order valence-corrected chi connectivity index (χ3v) is 3.37. The van der Waals surface area contributed by atoms with Crippen molar-refractivity contribution in [2.24, 2.45) is 0 Å². The third kappa shape index (κ3) is 5.19. The standard InChI is InChI=1S/C13H14N4O3S/c14-11-4-3-10(7-15-11)21-8-12(18)17-13(19)16-6-9-2-1-5-20-9/h1-5,7H,6,8H2,(H2,14,15)(H2,16,17,18,19). The van der Waals surface area contributed by atoms with Crippen molar-refractivity contribution in [3.8, 4) is 0 Å². The van der Waals surface area contributed by atoms with E-state index >= 15 is 0 Å². The van der Waals surface area contributed by atoms with Crippen LogP contribution in [0.2, 0.25) is 0 Å². The van der Waals surface area contributed by atoms with Crippen LogP contribution < -0.4 is 16.4 Å². The highest BCUT2D eigenvalue weighted by molar-refractivity contribution is 8.00. The number of pyridine rings is 1. The molecule has 0 spiro atoms. The van der Waals surface area contributed by atoms with Crippen LogP contribution >= 0.6 is 11.8 Å². The van der Waals surface area contributed by atoms with Crippen molar-refractivity contribution < 1.29 is 14.0 Å². The van der Waals surface area contributed by atoms with Gasteiger partial charge in [0.05, 0.1) is 18.6 Å². The highest BCUT2D eigenvalue weighted by atomic mass is 32.2. The molecule has 0 unspecified atom stereocenters. The Morgan fingerprint density at radius 1 is 1.33 bits per heavy atom. The number of urea groups is 1. The number of rotatable bonds is 5. The van der Waals surface area contributed by atoms with E-state index in [1.165, 1.54) is 18.0 Å². The molecule has 0 aliphatic heterocycles. The number of amides is 3. The highest BCUT2D eigenvalue weighted by Gasteiger charge is 2.08. The minimum atomic E-state index is -0.563. The third-order valence-electron chi connectivity index (χ3n) is 2.39. The van der Waals surface area contributed by atoms with Crippen LogP contribution in [0, 0.1) is 0 Å². The van der Waals surface area contributed by atoms with Gasteiger partial charge < -0.3 is 15.5 Å². The maximum Gasteiger partial charge on any atom is 0.321 e. The maximum absolute atomic E-state index is 11.6. The first kappa shape index (κ1) is 14.9. The lowest BCUT2D eigenvalue weighted by Gasteiger charge is -2.05. The molecule has 8 heteroatoms. The van der Waals surface area contributed by atoms with E-state index in [0.717, 1.165) is 4.90 Å². The summed E-state index contributed by atoms with van der Waals surface area (Å²) in [6.07, 6.45) is 3.08. The van der Waals surface area contributed by atoms with Crippen LogP contribution in [-0.4, -0.2) is 22.7 Å². The molecular formula is C13H14N4O3S. The molecular weight excluding hydrogens is 292 g/mol. The minimum absolute atomic E-state index is 0.111. The summed E-state index contributed by atoms with van der Waals surface area (Å²) >= 11 is 1.27. The Bertz CT molecular complexity index is 598. The van der Waals surface area contributed by atoms with Crippen LogP contribution in [0.25, 0.3) is 0 Å². The summed E-state index contributed by atoms with van der Waals surface area (Å²) in [5.41, 5.74) is 5.46. The fourth-order valence-corrected chi connectivity index (χ4v) is 2.07. The Balaban J connectivity index is 1.68. The summed E-state index contributed by atoms with van der Waals surface area (Å²) < 4.78 is 5.06. The molecule has 0 atom stereocenters. The fraction of sp³-hybridized carbons (Fsp3) is 0.154. The smallest absolute Gasteiger partial charge is 0.321 e. The second-order valence-corrected chi connectivity index (χ2v) is 5.07. The molecule has 7 nitrogen and oxygen atoms in total. The van der Waals surface area contributed by atoms with Gasteiger partial charge in [0.25, 0.3) is 0 Å². The Morgan fingerprint density at radius 2 is 2.19 bits per heavy atom. The predicted molar refractivity (Wildman–Crippen MR) is 78.5 cm³/mol. The van der Waals surface area contributed by atoms with Gasteiger partial charge in [0.2, 0.25) is 5.91 Å². The number of hydrogen-bond acceptors (Lipinski definition) is 6. The first-order chi connectivity index (χ1) is 10.1. The van der Waals surface area contributed by atoms with Crippen molar-refractivity contribution in [2.75, 3.05) is 11.5 Å². The predicted octanol–water partition coefficient (Wildman–Crippen LogP) is 1.37. The minimum Gasteiger partial charge on any atom is -0.467 e. The van der Waals surface area contributed by atoms with Crippen LogP contribution in [0.5, 0.6) is 0 Å². The molecule has 21 heavy (non-hydrogen) atoms. The summed E-state index contributed by atoms with van der Waals surface area (Å²) in [4.78, 5) is 27.8. The number of nitrogens with two attached hydrogens (primary N) is 1. The summed E-state index contributed by atoms with van der Waals surface area (Å²) in [6.45, 7) is 0.223. The van der Waals surface area contributed by atoms with Gasteiger partial charge >= 0.3 is 6.03 Å². The number of imide groups is 1. The molecule has 2 aromatic heterocycles. The molecule has 0 radical (unpaired) electrons. The molecule has 3 amide bonds. The lowest BCUT2D eigenvalue weighted by Crippen LogP contribution is -2.39. The summed E-state index contributed by atoms with van der Waals surface area (Å²) in [7, 11) is 0. The number of nitrogens with zero attached hydrogens (tertiary/aromatic N) is 1. The molecule has 0 fully saturated rings. The van der Waals surface area contributed by atoms with E-state index in [-0.39, 0.29) is 12.3 Å². The van der Waals surface area contributed by atoms with Crippen molar-refractivity contribution in [2.45, 2.75) is 11.4 Å². The Morgan fingerprint density at radius 3 is 2.86 bits per heavy atom. The fourth-order valence-electron chi connectivity index (χ4n) is 1.41. The van der Waals surface area contributed by atoms with Gasteiger partial charge in [-0.05, 0) is 24.3 Å². The van der Waals surface area contributed by atoms with Gasteiger partial charge in [0, 0.05) is 11.1 Å². The van der Waals surface area contributed by atoms with Crippen LogP contribution in [0.3, 0.4) is 0 Å². The average molecular weight is 306 g/mol. The Labute approximate surface area is 125 Å². The Hall–Kier alpha value is -2.48. The number of furan rings is 1. The van der Waals surface area contributed by atoms with Crippen LogP contribution in [0.1, 0.15) is 5.76 Å². The van der Waals surface area contributed by atoms with Crippen molar-refractivity contribution in [3.63, 3.8) is 0 Å². The molecule has 0 aromatic carbocycles. The number of carbonyl (C=O) groups is 2. The topological polar surface area (TPSA) is 110 Å². The lowest BCUT2D eigenvalue weighted by molar-refractivity contribution is -0.117. The number of nitrogens with one attached hydrogen (secondary N) is 2. The number of hydrogen-bond donors (Lipinski definition) is 3. The molecule has 0 saturated heterocycles. The summed E-state index contributed by atoms with van der Waals surface area (Å²) in [5, 5.41) is 4.75. The SMILES string of the molecule is Nc1ccc(SCC(=O)NC(=O)NCc2ccco2)cn1. The zero-order chi connectivity index (χ0) is 15.1. The molecule has 2 rings (SSSR count). The van der Waals surface area contributed by atoms with E-state index in [1.807, 2.05) is 0 Å². The van der Waals surface area contributed by atoms with Crippen molar-refractivity contribution in [1.29, 1.82) is 0 Å². The van der Waals surface area contributed by atoms with Gasteiger partial charge in [0.1, 0.15) is 11.6 Å².